The van der Waals surface area contributed by atoms with E-state index in [2.05, 4.69) is 57.2 Å². The van der Waals surface area contributed by atoms with Gasteiger partial charge in [-0.2, -0.15) is 0 Å². The van der Waals surface area contributed by atoms with Gasteiger partial charge in [0.05, 0.1) is 0 Å². The van der Waals surface area contributed by atoms with Crippen molar-refractivity contribution in [3.05, 3.63) is 117 Å². The standard InChI is InChI=1S/C16H22OSi.C15H20O2Si/c1-5-13-18(14-6-2,17-8-4)16-11-9-15(7-3)10-12-16;1-4-11-18(12-5-2,17-6-3)15-9-7-14(13-16)8-10-15/h5-7,9-12H,1-3,8,13-14H2,4H3;4-5,7-10,13H,1-2,6,11-12H2,3H3. The fourth-order valence-electron chi connectivity index (χ4n) is 4.31. The average molecular weight is 519 g/mol. The van der Waals surface area contributed by atoms with Crippen LogP contribution in [0.25, 0.3) is 6.08 Å². The van der Waals surface area contributed by atoms with Crippen molar-refractivity contribution >= 4 is 39.4 Å². The molecule has 192 valence electrons. The van der Waals surface area contributed by atoms with Gasteiger partial charge in [-0.05, 0) is 54.0 Å². The molecular formula is C31H42O3Si2. The van der Waals surface area contributed by atoms with Gasteiger partial charge in [-0.15, -0.1) is 26.3 Å². The lowest BCUT2D eigenvalue weighted by molar-refractivity contribution is 0.112. The number of carbonyl (C=O) groups excluding carboxylic acids is 1. The highest BCUT2D eigenvalue weighted by Crippen LogP contribution is 2.20. The molecule has 0 aliphatic carbocycles. The van der Waals surface area contributed by atoms with Gasteiger partial charge in [-0.25, -0.2) is 0 Å². The molecule has 2 rings (SSSR count). The first kappa shape index (κ1) is 31.2. The third-order valence-electron chi connectivity index (χ3n) is 5.98. The van der Waals surface area contributed by atoms with Crippen molar-refractivity contribution in [3.63, 3.8) is 0 Å². The van der Waals surface area contributed by atoms with Crippen molar-refractivity contribution in [2.45, 2.75) is 38.0 Å². The molecule has 0 N–H and O–H groups in total. The quantitative estimate of drug-likeness (QED) is 0.137. The maximum absolute atomic E-state index is 10.7. The smallest absolute Gasteiger partial charge is 0.231 e. The Morgan fingerprint density at radius 3 is 1.19 bits per heavy atom. The van der Waals surface area contributed by atoms with Gasteiger partial charge in [0.15, 0.2) is 0 Å². The highest BCUT2D eigenvalue weighted by Gasteiger charge is 2.35. The van der Waals surface area contributed by atoms with Gasteiger partial charge in [0.25, 0.3) is 0 Å². The summed E-state index contributed by atoms with van der Waals surface area (Å²) >= 11 is 0. The average Bonchev–Trinajstić information content (AvgIpc) is 2.90. The van der Waals surface area contributed by atoms with E-state index in [1.807, 2.05) is 68.5 Å². The van der Waals surface area contributed by atoms with E-state index < -0.39 is 16.6 Å². The van der Waals surface area contributed by atoms with Gasteiger partial charge in [0, 0.05) is 18.8 Å². The number of benzene rings is 2. The molecule has 0 saturated heterocycles. The van der Waals surface area contributed by atoms with Crippen LogP contribution in [0, 0.1) is 0 Å². The molecule has 36 heavy (non-hydrogen) atoms. The number of allylic oxidation sites excluding steroid dienone is 4. The number of aldehydes is 1. The van der Waals surface area contributed by atoms with E-state index in [1.54, 1.807) is 0 Å². The maximum Gasteiger partial charge on any atom is 0.231 e. The van der Waals surface area contributed by atoms with Gasteiger partial charge in [0.2, 0.25) is 16.6 Å². The summed E-state index contributed by atoms with van der Waals surface area (Å²) in [7, 11) is -4.04. The van der Waals surface area contributed by atoms with Crippen LogP contribution in [0.5, 0.6) is 0 Å². The summed E-state index contributed by atoms with van der Waals surface area (Å²) in [5.41, 5.74) is 1.82. The van der Waals surface area contributed by atoms with Crippen LogP contribution in [0.3, 0.4) is 0 Å². The molecule has 2 aromatic rings. The molecular weight excluding hydrogens is 477 g/mol. The van der Waals surface area contributed by atoms with E-state index in [1.165, 1.54) is 10.4 Å². The molecule has 3 nitrogen and oxygen atoms in total. The van der Waals surface area contributed by atoms with E-state index >= 15 is 0 Å². The lowest BCUT2D eigenvalue weighted by Crippen LogP contribution is -2.50. The molecule has 0 amide bonds. The lowest BCUT2D eigenvalue weighted by atomic mass is 10.2. The monoisotopic (exact) mass is 518 g/mol. The van der Waals surface area contributed by atoms with Crippen LogP contribution in [0.2, 0.25) is 24.2 Å². The Morgan fingerprint density at radius 2 is 0.944 bits per heavy atom. The zero-order valence-corrected chi connectivity index (χ0v) is 24.1. The van der Waals surface area contributed by atoms with E-state index in [9.17, 15) is 4.79 Å². The molecule has 0 unspecified atom stereocenters. The molecule has 2 aromatic carbocycles. The van der Waals surface area contributed by atoms with Gasteiger partial charge in [0.1, 0.15) is 6.29 Å². The summed E-state index contributed by atoms with van der Waals surface area (Å²) in [5, 5.41) is 2.49. The minimum absolute atomic E-state index is 0.684. The fraction of sp³-hybridized carbons (Fsp3) is 0.258. The highest BCUT2D eigenvalue weighted by molar-refractivity contribution is 6.87. The van der Waals surface area contributed by atoms with Crippen molar-refractivity contribution in [1.82, 2.24) is 0 Å². The third-order valence-corrected chi connectivity index (χ3v) is 14.2. The van der Waals surface area contributed by atoms with Crippen LogP contribution in [0.15, 0.2) is 106 Å². The second kappa shape index (κ2) is 16.8. The zero-order chi connectivity index (χ0) is 26.9. The summed E-state index contributed by atoms with van der Waals surface area (Å²) in [6.45, 7) is 24.7. The Hall–Kier alpha value is -2.84. The predicted molar refractivity (Wildman–Crippen MR) is 162 cm³/mol. The van der Waals surface area contributed by atoms with E-state index in [0.717, 1.165) is 42.6 Å². The topological polar surface area (TPSA) is 35.5 Å². The first-order valence-corrected chi connectivity index (χ1v) is 17.1. The Kier molecular flexibility index (Phi) is 14.5. The van der Waals surface area contributed by atoms with Crippen LogP contribution >= 0.6 is 0 Å². The summed E-state index contributed by atoms with van der Waals surface area (Å²) in [6, 6.07) is 19.7. The fourth-order valence-corrected chi connectivity index (χ4v) is 10.9. The molecule has 0 bridgehead atoms. The lowest BCUT2D eigenvalue weighted by Gasteiger charge is -2.29. The van der Waals surface area contributed by atoms with Crippen LogP contribution < -0.4 is 10.4 Å². The van der Waals surface area contributed by atoms with Crippen molar-refractivity contribution in [2.75, 3.05) is 13.2 Å². The summed E-state index contributed by atoms with van der Waals surface area (Å²) in [6.07, 6.45) is 10.5. The highest BCUT2D eigenvalue weighted by atomic mass is 28.4. The molecule has 0 aromatic heterocycles. The largest absolute Gasteiger partial charge is 0.412 e. The van der Waals surface area contributed by atoms with Crippen LogP contribution in [0.4, 0.5) is 0 Å². The molecule has 0 spiro atoms. The van der Waals surface area contributed by atoms with Crippen LogP contribution in [0.1, 0.15) is 29.8 Å². The van der Waals surface area contributed by atoms with Crippen LogP contribution in [-0.2, 0) is 8.85 Å². The van der Waals surface area contributed by atoms with Crippen molar-refractivity contribution in [3.8, 4) is 0 Å². The van der Waals surface area contributed by atoms with E-state index in [-0.39, 0.29) is 0 Å². The van der Waals surface area contributed by atoms with E-state index in [4.69, 9.17) is 8.85 Å². The summed E-state index contributed by atoms with van der Waals surface area (Å²) < 4.78 is 12.2. The van der Waals surface area contributed by atoms with Crippen molar-refractivity contribution < 1.29 is 13.6 Å². The molecule has 0 radical (unpaired) electrons. The minimum atomic E-state index is -2.06. The molecule has 0 saturated carbocycles. The molecule has 0 atom stereocenters. The Labute approximate surface area is 220 Å². The Balaban J connectivity index is 0.000000360. The molecule has 0 heterocycles. The number of rotatable bonds is 16. The Bertz CT molecular complexity index is 876. The normalized spacial score (nSPS) is 10.9. The van der Waals surface area contributed by atoms with Gasteiger partial charge in [-0.3, -0.25) is 4.79 Å². The number of hydrogen-bond acceptors (Lipinski definition) is 3. The Morgan fingerprint density at radius 1 is 0.611 bits per heavy atom. The number of hydrogen-bond donors (Lipinski definition) is 0. The van der Waals surface area contributed by atoms with Gasteiger partial charge >= 0.3 is 0 Å². The molecule has 0 aliphatic rings. The summed E-state index contributed by atoms with van der Waals surface area (Å²) in [5.74, 6) is 0. The van der Waals surface area contributed by atoms with E-state index in [0.29, 0.717) is 12.2 Å². The molecule has 0 aliphatic heterocycles. The number of carbonyl (C=O) groups is 1. The molecule has 0 fully saturated rings. The predicted octanol–water partition coefficient (Wildman–Crippen LogP) is 6.95. The van der Waals surface area contributed by atoms with Crippen LogP contribution in [-0.4, -0.2) is 36.1 Å². The second-order valence-corrected chi connectivity index (χ2v) is 15.7. The zero-order valence-electron chi connectivity index (χ0n) is 22.1. The minimum Gasteiger partial charge on any atom is -0.412 e. The SMILES string of the molecule is C=CC[Si](CC=C)(OCC)c1ccc(C=C)cc1.C=CC[Si](CC=C)(OCC)c1ccc(C=O)cc1. The summed E-state index contributed by atoms with van der Waals surface area (Å²) in [4.78, 5) is 10.7. The third kappa shape index (κ3) is 8.68. The van der Waals surface area contributed by atoms with Crippen molar-refractivity contribution in [1.29, 1.82) is 0 Å². The second-order valence-electron chi connectivity index (χ2n) is 8.39. The maximum atomic E-state index is 10.7. The van der Waals surface area contributed by atoms with Gasteiger partial charge < -0.3 is 8.85 Å². The van der Waals surface area contributed by atoms with Gasteiger partial charge in [-0.1, -0.05) is 85.5 Å². The first-order valence-electron chi connectivity index (χ1n) is 12.4. The van der Waals surface area contributed by atoms with Crippen molar-refractivity contribution in [2.24, 2.45) is 0 Å². The molecule has 5 heteroatoms. The first-order chi connectivity index (χ1) is 17.4.